The summed E-state index contributed by atoms with van der Waals surface area (Å²) >= 11 is 0. The summed E-state index contributed by atoms with van der Waals surface area (Å²) in [6.07, 6.45) is 0. The van der Waals surface area contributed by atoms with E-state index >= 15 is 0 Å². The van der Waals surface area contributed by atoms with Gasteiger partial charge in [-0.1, -0.05) is 12.1 Å². The first-order chi connectivity index (χ1) is 18.2. The van der Waals surface area contributed by atoms with E-state index in [1.165, 1.54) is 43.4 Å². The SMILES string of the molecule is COc1ccc(C2/C(=C(\O)c3ccc([N+](=O)[O-])cc3)C(=O)C(=O)N2c2nc3ccc(C)cc3[nH]2)cc1OC. The van der Waals surface area contributed by atoms with Crippen molar-refractivity contribution in [1.29, 1.82) is 0 Å². The first-order valence-electron chi connectivity index (χ1n) is 11.5. The number of non-ortho nitro benzene ring substituents is 1. The number of hydrogen-bond donors (Lipinski definition) is 2. The van der Waals surface area contributed by atoms with E-state index in [4.69, 9.17) is 9.47 Å². The van der Waals surface area contributed by atoms with Crippen molar-refractivity contribution in [3.8, 4) is 11.5 Å². The Labute approximate surface area is 216 Å². The van der Waals surface area contributed by atoms with Crippen LogP contribution in [0.15, 0.2) is 66.2 Å². The Kier molecular flexibility index (Phi) is 6.03. The number of hydrogen-bond acceptors (Lipinski definition) is 8. The number of amides is 1. The summed E-state index contributed by atoms with van der Waals surface area (Å²) in [5.74, 6) is -1.40. The molecule has 1 aromatic heterocycles. The molecular formula is C27H22N4O7. The van der Waals surface area contributed by atoms with Gasteiger partial charge in [-0.25, -0.2) is 4.98 Å². The van der Waals surface area contributed by atoms with Crippen LogP contribution >= 0.6 is 0 Å². The molecule has 1 aliphatic rings. The van der Waals surface area contributed by atoms with E-state index in [0.29, 0.717) is 28.1 Å². The van der Waals surface area contributed by atoms with Crippen molar-refractivity contribution in [2.45, 2.75) is 13.0 Å². The number of carbonyl (C=O) groups is 2. The smallest absolute Gasteiger partial charge is 0.302 e. The molecule has 11 heteroatoms. The van der Waals surface area contributed by atoms with Crippen LogP contribution in [0.1, 0.15) is 22.7 Å². The second kappa shape index (κ2) is 9.36. The Bertz CT molecular complexity index is 1640. The van der Waals surface area contributed by atoms with Gasteiger partial charge < -0.3 is 19.6 Å². The molecule has 1 atom stereocenters. The van der Waals surface area contributed by atoms with Crippen molar-refractivity contribution in [2.75, 3.05) is 19.1 Å². The minimum Gasteiger partial charge on any atom is -0.507 e. The topological polar surface area (TPSA) is 148 Å². The fourth-order valence-electron chi connectivity index (χ4n) is 4.51. The van der Waals surface area contributed by atoms with Gasteiger partial charge in [0.1, 0.15) is 5.76 Å². The van der Waals surface area contributed by atoms with Crippen molar-refractivity contribution in [3.63, 3.8) is 0 Å². The molecule has 5 rings (SSSR count). The van der Waals surface area contributed by atoms with Gasteiger partial charge in [-0.15, -0.1) is 0 Å². The number of carbonyl (C=O) groups excluding carboxylic acids is 2. The molecule has 0 bridgehead atoms. The number of rotatable bonds is 6. The van der Waals surface area contributed by atoms with E-state index in [1.807, 2.05) is 19.1 Å². The maximum absolute atomic E-state index is 13.4. The van der Waals surface area contributed by atoms with Crippen molar-refractivity contribution in [2.24, 2.45) is 0 Å². The van der Waals surface area contributed by atoms with Crippen molar-refractivity contribution < 1.29 is 29.1 Å². The van der Waals surface area contributed by atoms with Crippen LogP contribution in [0.5, 0.6) is 11.5 Å². The average molecular weight is 514 g/mol. The van der Waals surface area contributed by atoms with Gasteiger partial charge in [-0.3, -0.25) is 24.6 Å². The van der Waals surface area contributed by atoms with Crippen molar-refractivity contribution in [1.82, 2.24) is 9.97 Å². The summed E-state index contributed by atoms with van der Waals surface area (Å²) < 4.78 is 10.8. The van der Waals surface area contributed by atoms with E-state index in [0.717, 1.165) is 5.56 Å². The number of methoxy groups -OCH3 is 2. The molecule has 2 N–H and O–H groups in total. The number of nitro benzene ring substituents is 1. The number of Topliss-reactive ketones (excluding diaryl/α,β-unsaturated/α-hetero) is 1. The van der Waals surface area contributed by atoms with Gasteiger partial charge in [0.15, 0.2) is 11.5 Å². The molecule has 0 radical (unpaired) electrons. The zero-order valence-electron chi connectivity index (χ0n) is 20.6. The second-order valence-corrected chi connectivity index (χ2v) is 8.67. The number of aryl methyl sites for hydroxylation is 1. The molecular weight excluding hydrogens is 492 g/mol. The van der Waals surface area contributed by atoms with Gasteiger partial charge in [0, 0.05) is 17.7 Å². The minimum absolute atomic E-state index is 0.121. The van der Waals surface area contributed by atoms with Gasteiger partial charge >= 0.3 is 5.91 Å². The maximum Gasteiger partial charge on any atom is 0.302 e. The highest BCUT2D eigenvalue weighted by Crippen LogP contribution is 2.43. The number of imidazole rings is 1. The highest BCUT2D eigenvalue weighted by molar-refractivity contribution is 6.51. The monoisotopic (exact) mass is 514 g/mol. The fraction of sp³-hybridized carbons (Fsp3) is 0.148. The van der Waals surface area contributed by atoms with Crippen LogP contribution < -0.4 is 14.4 Å². The number of benzene rings is 3. The van der Waals surface area contributed by atoms with Gasteiger partial charge in [0.05, 0.1) is 41.8 Å². The number of nitro groups is 1. The highest BCUT2D eigenvalue weighted by atomic mass is 16.6. The number of aliphatic hydroxyl groups excluding tert-OH is 1. The Morgan fingerprint density at radius 1 is 1.03 bits per heavy atom. The Morgan fingerprint density at radius 2 is 1.74 bits per heavy atom. The highest BCUT2D eigenvalue weighted by Gasteiger charge is 2.48. The fourth-order valence-corrected chi connectivity index (χ4v) is 4.51. The minimum atomic E-state index is -1.09. The van der Waals surface area contributed by atoms with Crippen LogP contribution in [0.2, 0.25) is 0 Å². The third kappa shape index (κ3) is 3.99. The number of fused-ring (bicyclic) bond motifs is 1. The average Bonchev–Trinajstić information content (AvgIpc) is 3.45. The van der Waals surface area contributed by atoms with Crippen LogP contribution in [-0.4, -0.2) is 45.9 Å². The number of ether oxygens (including phenoxy) is 2. The number of aliphatic hydroxyl groups is 1. The molecule has 1 unspecified atom stereocenters. The van der Waals surface area contributed by atoms with Crippen LogP contribution in [0.25, 0.3) is 16.8 Å². The normalized spacial score (nSPS) is 16.7. The molecule has 0 spiro atoms. The predicted molar refractivity (Wildman–Crippen MR) is 138 cm³/mol. The van der Waals surface area contributed by atoms with Crippen LogP contribution in [0.3, 0.4) is 0 Å². The molecule has 1 amide bonds. The Balaban J connectivity index is 1.73. The first-order valence-corrected chi connectivity index (χ1v) is 11.5. The number of nitrogens with zero attached hydrogens (tertiary/aromatic N) is 3. The van der Waals surface area contributed by atoms with Gasteiger partial charge in [0.2, 0.25) is 5.95 Å². The molecule has 1 fully saturated rings. The van der Waals surface area contributed by atoms with Crippen LogP contribution in [0, 0.1) is 17.0 Å². The van der Waals surface area contributed by atoms with Crippen LogP contribution in [0.4, 0.5) is 11.6 Å². The molecule has 0 saturated carbocycles. The van der Waals surface area contributed by atoms with E-state index in [-0.39, 0.29) is 22.8 Å². The summed E-state index contributed by atoms with van der Waals surface area (Å²) in [4.78, 5) is 46.1. The number of aromatic nitrogens is 2. The van der Waals surface area contributed by atoms with Crippen molar-refractivity contribution in [3.05, 3.63) is 93.0 Å². The summed E-state index contributed by atoms with van der Waals surface area (Å²) in [6, 6.07) is 14.4. The molecule has 3 aromatic carbocycles. The van der Waals surface area contributed by atoms with E-state index < -0.39 is 28.4 Å². The second-order valence-electron chi connectivity index (χ2n) is 8.67. The summed E-state index contributed by atoms with van der Waals surface area (Å²) in [5, 5.41) is 22.3. The van der Waals surface area contributed by atoms with Gasteiger partial charge in [-0.2, -0.15) is 0 Å². The Hall–Kier alpha value is -5.19. The molecule has 0 aliphatic carbocycles. The Morgan fingerprint density at radius 3 is 2.39 bits per heavy atom. The molecule has 38 heavy (non-hydrogen) atoms. The van der Waals surface area contributed by atoms with Gasteiger partial charge in [0.25, 0.3) is 11.5 Å². The lowest BCUT2D eigenvalue weighted by Gasteiger charge is -2.23. The molecule has 1 aliphatic heterocycles. The number of ketones is 1. The molecule has 1 saturated heterocycles. The molecule has 4 aromatic rings. The zero-order chi connectivity index (χ0) is 27.1. The summed E-state index contributed by atoms with van der Waals surface area (Å²) in [5.41, 5.74) is 2.44. The van der Waals surface area contributed by atoms with Crippen molar-refractivity contribution >= 4 is 40.1 Å². The van der Waals surface area contributed by atoms with E-state index in [9.17, 15) is 24.8 Å². The molecule has 11 nitrogen and oxygen atoms in total. The number of H-pyrrole nitrogens is 1. The first kappa shape index (κ1) is 24.5. The molecule has 2 heterocycles. The quantitative estimate of drug-likeness (QED) is 0.126. The van der Waals surface area contributed by atoms with E-state index in [2.05, 4.69) is 9.97 Å². The van der Waals surface area contributed by atoms with Crippen LogP contribution in [-0.2, 0) is 9.59 Å². The maximum atomic E-state index is 13.4. The predicted octanol–water partition coefficient (Wildman–Crippen LogP) is 4.42. The summed E-state index contributed by atoms with van der Waals surface area (Å²) in [6.45, 7) is 1.92. The third-order valence-electron chi connectivity index (χ3n) is 6.37. The molecule has 192 valence electrons. The standard InChI is InChI=1S/C27H22N4O7/c1-14-4-10-18-19(12-14)29-27(28-18)30-23(16-7-11-20(37-2)21(13-16)38-3)22(25(33)26(30)34)24(32)15-5-8-17(9-6-15)31(35)36/h4-13,23,32H,1-3H3,(H,28,29)/b24-22+. The number of nitrogens with one attached hydrogen (secondary N) is 1. The third-order valence-corrected chi connectivity index (χ3v) is 6.37. The van der Waals surface area contributed by atoms with E-state index in [1.54, 1.807) is 24.3 Å². The lowest BCUT2D eigenvalue weighted by molar-refractivity contribution is -0.384. The number of aromatic amines is 1. The lowest BCUT2D eigenvalue weighted by Crippen LogP contribution is -2.30. The largest absolute Gasteiger partial charge is 0.507 e. The summed E-state index contributed by atoms with van der Waals surface area (Å²) in [7, 11) is 2.94. The number of anilines is 1. The zero-order valence-corrected chi connectivity index (χ0v) is 20.6. The lowest BCUT2D eigenvalue weighted by atomic mass is 9.95. The van der Waals surface area contributed by atoms with Gasteiger partial charge in [-0.05, 0) is 54.4 Å².